The molecule has 4 heteroatoms. The maximum atomic E-state index is 13.5. The van der Waals surface area contributed by atoms with Gasteiger partial charge in [0, 0.05) is 22.9 Å². The van der Waals surface area contributed by atoms with Gasteiger partial charge in [0.05, 0.1) is 0 Å². The van der Waals surface area contributed by atoms with Crippen LogP contribution in [0.3, 0.4) is 0 Å². The molecular formula is C13H15ClFNO. The van der Waals surface area contributed by atoms with Crippen LogP contribution in [0.25, 0.3) is 0 Å². The first-order valence-electron chi connectivity index (χ1n) is 5.85. The lowest BCUT2D eigenvalue weighted by molar-refractivity contribution is -0.122. The van der Waals surface area contributed by atoms with Crippen LogP contribution in [0.1, 0.15) is 18.4 Å². The normalized spacial score (nSPS) is 17.1. The molecule has 1 aliphatic rings. The van der Waals surface area contributed by atoms with Crippen LogP contribution < -0.4 is 5.32 Å². The largest absolute Gasteiger partial charge is 0.317 e. The van der Waals surface area contributed by atoms with Crippen LogP contribution in [0.4, 0.5) is 4.39 Å². The molecule has 1 fully saturated rings. The number of carbonyl (C=O) groups is 1. The Morgan fingerprint density at radius 3 is 2.76 bits per heavy atom. The van der Waals surface area contributed by atoms with E-state index in [9.17, 15) is 9.18 Å². The summed E-state index contributed by atoms with van der Waals surface area (Å²) in [6.07, 6.45) is 1.78. The summed E-state index contributed by atoms with van der Waals surface area (Å²) in [6.45, 7) is 1.73. The summed E-state index contributed by atoms with van der Waals surface area (Å²) in [6, 6.07) is 4.52. The van der Waals surface area contributed by atoms with Crippen LogP contribution in [0.15, 0.2) is 18.2 Å². The van der Waals surface area contributed by atoms with Gasteiger partial charge in [-0.1, -0.05) is 17.7 Å². The van der Waals surface area contributed by atoms with E-state index < -0.39 is 0 Å². The second-order valence-electron chi connectivity index (χ2n) is 4.37. The highest BCUT2D eigenvalue weighted by atomic mass is 35.5. The summed E-state index contributed by atoms with van der Waals surface area (Å²) in [5.74, 6) is -0.245. The van der Waals surface area contributed by atoms with E-state index in [1.54, 1.807) is 12.1 Å². The SMILES string of the molecule is O=C(Cc1c(F)cccc1Cl)C1CCNCC1. The van der Waals surface area contributed by atoms with E-state index in [0.717, 1.165) is 25.9 Å². The number of rotatable bonds is 3. The fourth-order valence-electron chi connectivity index (χ4n) is 2.16. The van der Waals surface area contributed by atoms with Crippen molar-refractivity contribution in [3.05, 3.63) is 34.6 Å². The number of halogens is 2. The number of benzene rings is 1. The molecule has 1 saturated heterocycles. The zero-order chi connectivity index (χ0) is 12.3. The number of ketones is 1. The molecule has 1 heterocycles. The van der Waals surface area contributed by atoms with E-state index in [1.165, 1.54) is 6.07 Å². The maximum Gasteiger partial charge on any atom is 0.140 e. The molecule has 0 amide bonds. The molecule has 0 spiro atoms. The minimum absolute atomic E-state index is 0.0481. The highest BCUT2D eigenvalue weighted by Gasteiger charge is 2.22. The molecule has 0 bridgehead atoms. The van der Waals surface area contributed by atoms with Crippen molar-refractivity contribution in [1.29, 1.82) is 0 Å². The lowest BCUT2D eigenvalue weighted by Crippen LogP contribution is -2.32. The zero-order valence-corrected chi connectivity index (χ0v) is 10.3. The van der Waals surface area contributed by atoms with Crippen LogP contribution in [0, 0.1) is 11.7 Å². The summed E-state index contributed by atoms with van der Waals surface area (Å²) >= 11 is 5.91. The number of nitrogens with one attached hydrogen (secondary N) is 1. The average Bonchev–Trinajstić information content (AvgIpc) is 2.35. The van der Waals surface area contributed by atoms with Gasteiger partial charge < -0.3 is 5.32 Å². The summed E-state index contributed by atoms with van der Waals surface area (Å²) < 4.78 is 13.5. The molecule has 0 radical (unpaired) electrons. The quantitative estimate of drug-likeness (QED) is 0.900. The first-order chi connectivity index (χ1) is 8.18. The molecule has 0 aliphatic carbocycles. The Morgan fingerprint density at radius 1 is 1.41 bits per heavy atom. The Balaban J connectivity index is 2.07. The lowest BCUT2D eigenvalue weighted by atomic mass is 9.90. The van der Waals surface area contributed by atoms with Gasteiger partial charge in [-0.3, -0.25) is 4.79 Å². The number of Topliss-reactive ketones (excluding diaryl/α,β-unsaturated/α-hetero) is 1. The number of hydrogen-bond acceptors (Lipinski definition) is 2. The summed E-state index contributed by atoms with van der Waals surface area (Å²) in [7, 11) is 0. The maximum absolute atomic E-state index is 13.5. The van der Waals surface area contributed by atoms with Crippen LogP contribution >= 0.6 is 11.6 Å². The Kier molecular flexibility index (Phi) is 4.13. The fourth-order valence-corrected chi connectivity index (χ4v) is 2.39. The summed E-state index contributed by atoms with van der Waals surface area (Å²) in [4.78, 5) is 12.0. The molecule has 1 aliphatic heterocycles. The van der Waals surface area contributed by atoms with E-state index in [2.05, 4.69) is 5.32 Å². The third-order valence-electron chi connectivity index (χ3n) is 3.21. The van der Waals surface area contributed by atoms with Gasteiger partial charge in [0.25, 0.3) is 0 Å². The molecule has 1 aromatic carbocycles. The third-order valence-corrected chi connectivity index (χ3v) is 3.56. The molecule has 1 aromatic rings. The van der Waals surface area contributed by atoms with E-state index >= 15 is 0 Å². The minimum atomic E-state index is -0.389. The van der Waals surface area contributed by atoms with Crippen molar-refractivity contribution >= 4 is 17.4 Å². The van der Waals surface area contributed by atoms with E-state index in [1.807, 2.05) is 0 Å². The third kappa shape index (κ3) is 3.05. The second-order valence-corrected chi connectivity index (χ2v) is 4.77. The van der Waals surface area contributed by atoms with Crippen molar-refractivity contribution in [1.82, 2.24) is 5.32 Å². The molecule has 0 unspecified atom stereocenters. The molecule has 0 saturated carbocycles. The van der Waals surface area contributed by atoms with Crippen LogP contribution in [-0.4, -0.2) is 18.9 Å². The van der Waals surface area contributed by atoms with Gasteiger partial charge in [0.15, 0.2) is 0 Å². The lowest BCUT2D eigenvalue weighted by Gasteiger charge is -2.21. The van der Waals surface area contributed by atoms with Crippen molar-refractivity contribution in [2.75, 3.05) is 13.1 Å². The van der Waals surface area contributed by atoms with Crippen molar-refractivity contribution in [3.63, 3.8) is 0 Å². The smallest absolute Gasteiger partial charge is 0.140 e. The number of carbonyl (C=O) groups excluding carboxylic acids is 1. The molecule has 92 valence electrons. The molecule has 0 aromatic heterocycles. The molecule has 2 rings (SSSR count). The van der Waals surface area contributed by atoms with Gasteiger partial charge in [-0.15, -0.1) is 0 Å². The summed E-state index contributed by atoms with van der Waals surface area (Å²) in [5, 5.41) is 3.54. The van der Waals surface area contributed by atoms with Gasteiger partial charge >= 0.3 is 0 Å². The van der Waals surface area contributed by atoms with Gasteiger partial charge in [0.2, 0.25) is 0 Å². The highest BCUT2D eigenvalue weighted by Crippen LogP contribution is 2.22. The first kappa shape index (κ1) is 12.5. The molecule has 0 atom stereocenters. The second kappa shape index (κ2) is 5.61. The topological polar surface area (TPSA) is 29.1 Å². The van der Waals surface area contributed by atoms with Gasteiger partial charge in [-0.05, 0) is 38.1 Å². The highest BCUT2D eigenvalue weighted by molar-refractivity contribution is 6.31. The van der Waals surface area contributed by atoms with Crippen molar-refractivity contribution in [2.24, 2.45) is 5.92 Å². The van der Waals surface area contributed by atoms with Crippen LogP contribution in [0.5, 0.6) is 0 Å². The Hall–Kier alpha value is -0.930. The van der Waals surface area contributed by atoms with Crippen molar-refractivity contribution in [2.45, 2.75) is 19.3 Å². The van der Waals surface area contributed by atoms with Crippen LogP contribution in [0.2, 0.25) is 5.02 Å². The van der Waals surface area contributed by atoms with Gasteiger partial charge in [-0.2, -0.15) is 0 Å². The summed E-state index contributed by atoms with van der Waals surface area (Å²) in [5.41, 5.74) is 0.331. The Labute approximate surface area is 105 Å². The molecule has 2 nitrogen and oxygen atoms in total. The average molecular weight is 256 g/mol. The van der Waals surface area contributed by atoms with E-state index in [-0.39, 0.29) is 23.9 Å². The van der Waals surface area contributed by atoms with Gasteiger partial charge in [0.1, 0.15) is 11.6 Å². The van der Waals surface area contributed by atoms with Gasteiger partial charge in [-0.25, -0.2) is 4.39 Å². The Bertz CT molecular complexity index is 396. The molecular weight excluding hydrogens is 241 g/mol. The van der Waals surface area contributed by atoms with Crippen molar-refractivity contribution < 1.29 is 9.18 Å². The minimum Gasteiger partial charge on any atom is -0.317 e. The predicted molar refractivity (Wildman–Crippen MR) is 65.7 cm³/mol. The molecule has 17 heavy (non-hydrogen) atoms. The predicted octanol–water partition coefficient (Wildman–Crippen LogP) is 2.59. The molecule has 1 N–H and O–H groups in total. The number of piperidine rings is 1. The first-order valence-corrected chi connectivity index (χ1v) is 6.22. The monoisotopic (exact) mass is 255 g/mol. The zero-order valence-electron chi connectivity index (χ0n) is 9.51. The van der Waals surface area contributed by atoms with Crippen LogP contribution in [-0.2, 0) is 11.2 Å². The fraction of sp³-hybridized carbons (Fsp3) is 0.462. The Morgan fingerprint density at radius 2 is 2.12 bits per heavy atom. The van der Waals surface area contributed by atoms with E-state index in [4.69, 9.17) is 11.6 Å². The standard InChI is InChI=1S/C13H15ClFNO/c14-11-2-1-3-12(15)10(11)8-13(17)9-4-6-16-7-5-9/h1-3,9,16H,4-8H2. The number of hydrogen-bond donors (Lipinski definition) is 1. The van der Waals surface area contributed by atoms with E-state index in [0.29, 0.717) is 10.6 Å². The van der Waals surface area contributed by atoms with Crippen molar-refractivity contribution in [3.8, 4) is 0 Å².